The Morgan fingerprint density at radius 2 is 1.80 bits per heavy atom. The van der Waals surface area contributed by atoms with Gasteiger partial charge < -0.3 is 10.2 Å². The van der Waals surface area contributed by atoms with E-state index in [1.54, 1.807) is 18.2 Å². The second-order valence-corrected chi connectivity index (χ2v) is 7.21. The van der Waals surface area contributed by atoms with E-state index in [4.69, 9.17) is 23.2 Å². The third-order valence-electron chi connectivity index (χ3n) is 4.71. The number of hydrogen-bond acceptors (Lipinski definition) is 2. The molecule has 0 saturated carbocycles. The van der Waals surface area contributed by atoms with Crippen LogP contribution in [0.4, 0.5) is 11.4 Å². The molecular formula is C19H16Cl2N2O2. The fourth-order valence-electron chi connectivity index (χ4n) is 3.60. The summed E-state index contributed by atoms with van der Waals surface area (Å²) in [7, 11) is 0. The normalized spacial score (nSPS) is 15.8. The molecule has 0 saturated heterocycles. The number of benzene rings is 2. The molecule has 2 aromatic carbocycles. The number of hydrogen-bond donors (Lipinski definition) is 1. The van der Waals surface area contributed by atoms with Crippen LogP contribution in [-0.4, -0.2) is 18.4 Å². The average Bonchev–Trinajstić information content (AvgIpc) is 2.58. The molecule has 2 aliphatic rings. The molecule has 0 radical (unpaired) electrons. The fraction of sp³-hybridized carbons (Fsp3) is 0.263. The maximum absolute atomic E-state index is 12.5. The summed E-state index contributed by atoms with van der Waals surface area (Å²) in [4.78, 5) is 26.5. The molecule has 128 valence electrons. The maximum Gasteiger partial charge on any atom is 0.257 e. The van der Waals surface area contributed by atoms with Gasteiger partial charge in [0.05, 0.1) is 16.3 Å². The zero-order valence-electron chi connectivity index (χ0n) is 13.4. The minimum Gasteiger partial charge on any atom is -0.322 e. The van der Waals surface area contributed by atoms with Crippen molar-refractivity contribution < 1.29 is 9.59 Å². The van der Waals surface area contributed by atoms with Crippen LogP contribution in [0.5, 0.6) is 0 Å². The molecule has 0 atom stereocenters. The van der Waals surface area contributed by atoms with Gasteiger partial charge in [0.1, 0.15) is 0 Å². The van der Waals surface area contributed by atoms with Crippen LogP contribution >= 0.6 is 23.2 Å². The van der Waals surface area contributed by atoms with Crippen molar-refractivity contribution in [2.45, 2.75) is 25.7 Å². The third kappa shape index (κ3) is 3.00. The number of anilines is 2. The quantitative estimate of drug-likeness (QED) is 0.842. The van der Waals surface area contributed by atoms with E-state index in [1.807, 2.05) is 17.0 Å². The molecule has 2 amide bonds. The van der Waals surface area contributed by atoms with Gasteiger partial charge in [-0.25, -0.2) is 0 Å². The topological polar surface area (TPSA) is 49.4 Å². The summed E-state index contributed by atoms with van der Waals surface area (Å²) in [6.07, 6.45) is 3.09. The lowest BCUT2D eigenvalue weighted by Gasteiger charge is -2.35. The first-order valence-corrected chi connectivity index (χ1v) is 9.01. The van der Waals surface area contributed by atoms with Gasteiger partial charge in [-0.15, -0.1) is 0 Å². The summed E-state index contributed by atoms with van der Waals surface area (Å²) in [5.41, 5.74) is 4.41. The highest BCUT2D eigenvalue weighted by Crippen LogP contribution is 2.38. The van der Waals surface area contributed by atoms with Crippen LogP contribution in [0.2, 0.25) is 10.0 Å². The SMILES string of the molecule is O=C(Nc1cc2c3c(c1)CCC(=O)N3CCC2)c1ccc(Cl)cc1Cl. The van der Waals surface area contributed by atoms with Crippen molar-refractivity contribution in [3.63, 3.8) is 0 Å². The predicted molar refractivity (Wildman–Crippen MR) is 99.9 cm³/mol. The molecule has 0 spiro atoms. The van der Waals surface area contributed by atoms with Crippen LogP contribution in [0.1, 0.15) is 34.3 Å². The van der Waals surface area contributed by atoms with Gasteiger partial charge >= 0.3 is 0 Å². The average molecular weight is 375 g/mol. The third-order valence-corrected chi connectivity index (χ3v) is 5.26. The van der Waals surface area contributed by atoms with Crippen LogP contribution in [0.25, 0.3) is 0 Å². The summed E-state index contributed by atoms with van der Waals surface area (Å²) in [6.45, 7) is 0.783. The second kappa shape index (κ2) is 6.36. The Hall–Kier alpha value is -2.04. The summed E-state index contributed by atoms with van der Waals surface area (Å²) >= 11 is 12.0. The fourth-order valence-corrected chi connectivity index (χ4v) is 4.09. The summed E-state index contributed by atoms with van der Waals surface area (Å²) in [5, 5.41) is 3.73. The van der Waals surface area contributed by atoms with Crippen LogP contribution in [-0.2, 0) is 17.6 Å². The Labute approximate surface area is 155 Å². The lowest BCUT2D eigenvalue weighted by atomic mass is 9.91. The first-order valence-electron chi connectivity index (χ1n) is 8.25. The lowest BCUT2D eigenvalue weighted by Crippen LogP contribution is -2.39. The zero-order chi connectivity index (χ0) is 17.6. The predicted octanol–water partition coefficient (Wildman–Crippen LogP) is 4.47. The van der Waals surface area contributed by atoms with E-state index in [0.717, 1.165) is 41.9 Å². The highest BCUT2D eigenvalue weighted by molar-refractivity contribution is 6.37. The highest BCUT2D eigenvalue weighted by atomic mass is 35.5. The van der Waals surface area contributed by atoms with Crippen molar-refractivity contribution in [1.82, 2.24) is 0 Å². The van der Waals surface area contributed by atoms with Crippen LogP contribution in [0.3, 0.4) is 0 Å². The standard InChI is InChI=1S/C19H16Cl2N2O2/c20-13-4-5-15(16(21)10-13)19(25)22-14-8-11-2-1-7-23-17(24)6-3-12(9-14)18(11)23/h4-5,8-10H,1-3,6-7H2,(H,22,25). The Balaban J connectivity index is 1.66. The van der Waals surface area contributed by atoms with Crippen LogP contribution < -0.4 is 10.2 Å². The molecule has 25 heavy (non-hydrogen) atoms. The van der Waals surface area contributed by atoms with E-state index in [0.29, 0.717) is 28.5 Å². The monoisotopic (exact) mass is 374 g/mol. The van der Waals surface area contributed by atoms with Crippen molar-refractivity contribution >= 4 is 46.4 Å². The summed E-state index contributed by atoms with van der Waals surface area (Å²) in [6, 6.07) is 8.74. The Morgan fingerprint density at radius 1 is 1.04 bits per heavy atom. The summed E-state index contributed by atoms with van der Waals surface area (Å²) < 4.78 is 0. The number of amides is 2. The first-order chi connectivity index (χ1) is 12.0. The second-order valence-electron chi connectivity index (χ2n) is 6.37. The Morgan fingerprint density at radius 3 is 2.56 bits per heavy atom. The molecule has 1 N–H and O–H groups in total. The van der Waals surface area contributed by atoms with Gasteiger partial charge in [0.25, 0.3) is 5.91 Å². The van der Waals surface area contributed by atoms with Gasteiger partial charge in [0.2, 0.25) is 5.91 Å². The number of nitrogens with one attached hydrogen (secondary N) is 1. The van der Waals surface area contributed by atoms with Gasteiger partial charge in [-0.3, -0.25) is 9.59 Å². The van der Waals surface area contributed by atoms with Gasteiger partial charge in [-0.2, -0.15) is 0 Å². The molecule has 2 aliphatic heterocycles. The Kier molecular flexibility index (Phi) is 4.18. The van der Waals surface area contributed by atoms with E-state index in [1.165, 1.54) is 0 Å². The largest absolute Gasteiger partial charge is 0.322 e. The maximum atomic E-state index is 12.5. The van der Waals surface area contributed by atoms with Gasteiger partial charge in [-0.1, -0.05) is 23.2 Å². The van der Waals surface area contributed by atoms with Crippen molar-refractivity contribution in [3.05, 3.63) is 57.1 Å². The number of halogens is 2. The molecule has 6 heteroatoms. The van der Waals surface area contributed by atoms with E-state index in [9.17, 15) is 9.59 Å². The Bertz CT molecular complexity index is 878. The number of carbonyl (C=O) groups excluding carboxylic acids is 2. The van der Waals surface area contributed by atoms with Gasteiger partial charge in [0, 0.05) is 23.7 Å². The first kappa shape index (κ1) is 16.4. The number of rotatable bonds is 2. The molecule has 4 nitrogen and oxygen atoms in total. The van der Waals surface area contributed by atoms with Crippen LogP contribution in [0.15, 0.2) is 30.3 Å². The van der Waals surface area contributed by atoms with E-state index >= 15 is 0 Å². The van der Waals surface area contributed by atoms with Crippen LogP contribution in [0, 0.1) is 0 Å². The lowest BCUT2D eigenvalue weighted by molar-refractivity contribution is -0.119. The minimum atomic E-state index is -0.270. The number of aryl methyl sites for hydroxylation is 2. The molecule has 2 heterocycles. The van der Waals surface area contributed by atoms with Crippen molar-refractivity contribution in [3.8, 4) is 0 Å². The van der Waals surface area contributed by atoms with Crippen molar-refractivity contribution in [2.75, 3.05) is 16.8 Å². The number of nitrogens with zero attached hydrogens (tertiary/aromatic N) is 1. The smallest absolute Gasteiger partial charge is 0.257 e. The molecular weight excluding hydrogens is 359 g/mol. The van der Waals surface area contributed by atoms with E-state index in [-0.39, 0.29) is 11.8 Å². The van der Waals surface area contributed by atoms with Crippen molar-refractivity contribution in [2.24, 2.45) is 0 Å². The molecule has 0 aliphatic carbocycles. The highest BCUT2D eigenvalue weighted by Gasteiger charge is 2.29. The molecule has 4 rings (SSSR count). The van der Waals surface area contributed by atoms with Gasteiger partial charge in [0.15, 0.2) is 0 Å². The number of carbonyl (C=O) groups is 2. The minimum absolute atomic E-state index is 0.193. The molecule has 2 aromatic rings. The van der Waals surface area contributed by atoms with E-state index < -0.39 is 0 Å². The zero-order valence-corrected chi connectivity index (χ0v) is 15.0. The molecule has 0 aromatic heterocycles. The molecule has 0 fully saturated rings. The summed E-state index contributed by atoms with van der Waals surface area (Å²) in [5.74, 6) is -0.0773. The van der Waals surface area contributed by atoms with Gasteiger partial charge in [-0.05, 0) is 60.7 Å². The molecule has 0 unspecified atom stereocenters. The molecule has 0 bridgehead atoms. The van der Waals surface area contributed by atoms with E-state index in [2.05, 4.69) is 5.32 Å². The van der Waals surface area contributed by atoms with Crippen molar-refractivity contribution in [1.29, 1.82) is 0 Å².